The van der Waals surface area contributed by atoms with Crippen molar-refractivity contribution in [3.05, 3.63) is 64.4 Å². The van der Waals surface area contributed by atoms with Crippen molar-refractivity contribution in [2.24, 2.45) is 0 Å². The normalized spacial score (nSPS) is 19.0. The Labute approximate surface area is 161 Å². The molecule has 27 heavy (non-hydrogen) atoms. The van der Waals surface area contributed by atoms with Crippen molar-refractivity contribution in [2.45, 2.75) is 25.5 Å². The molecule has 2 unspecified atom stereocenters. The molecule has 0 saturated carbocycles. The number of rotatable bonds is 4. The van der Waals surface area contributed by atoms with Gasteiger partial charge < -0.3 is 14.4 Å². The van der Waals surface area contributed by atoms with Gasteiger partial charge in [-0.2, -0.15) is 0 Å². The third-order valence-corrected chi connectivity index (χ3v) is 4.89. The van der Waals surface area contributed by atoms with Gasteiger partial charge in [0, 0.05) is 24.1 Å². The molecule has 0 radical (unpaired) electrons. The monoisotopic (exact) mass is 391 g/mol. The molecule has 0 spiro atoms. The molecule has 2 aromatic rings. The summed E-state index contributed by atoms with van der Waals surface area (Å²) in [5.74, 6) is -1.78. The van der Waals surface area contributed by atoms with Gasteiger partial charge in [-0.3, -0.25) is 4.79 Å². The van der Waals surface area contributed by atoms with Gasteiger partial charge in [0.15, 0.2) is 0 Å². The second-order valence-corrected chi connectivity index (χ2v) is 6.72. The summed E-state index contributed by atoms with van der Waals surface area (Å²) in [4.78, 5) is 24.9. The van der Waals surface area contributed by atoms with E-state index >= 15 is 0 Å². The fraction of sp³-hybridized carbons (Fsp3) is 0.300. The molecule has 0 amide bonds. The molecule has 5 nitrogen and oxygen atoms in total. The van der Waals surface area contributed by atoms with E-state index in [4.69, 9.17) is 16.3 Å². The van der Waals surface area contributed by atoms with Crippen molar-refractivity contribution < 1.29 is 23.5 Å². The fourth-order valence-electron chi connectivity index (χ4n) is 3.40. The quantitative estimate of drug-likeness (QED) is 0.733. The van der Waals surface area contributed by atoms with E-state index in [9.17, 15) is 14.0 Å². The van der Waals surface area contributed by atoms with Gasteiger partial charge in [-0.25, -0.2) is 9.18 Å². The Morgan fingerprint density at radius 1 is 1.22 bits per heavy atom. The van der Waals surface area contributed by atoms with E-state index in [-0.39, 0.29) is 23.7 Å². The zero-order chi connectivity index (χ0) is 19.6. The molecule has 0 N–H and O–H groups in total. The van der Waals surface area contributed by atoms with Gasteiger partial charge in [-0.1, -0.05) is 29.8 Å². The first kappa shape index (κ1) is 19.2. The van der Waals surface area contributed by atoms with Crippen LogP contribution in [0.2, 0.25) is 5.02 Å². The van der Waals surface area contributed by atoms with Crippen LogP contribution in [0.15, 0.2) is 42.5 Å². The summed E-state index contributed by atoms with van der Waals surface area (Å²) in [6.45, 7) is 1.75. The topological polar surface area (TPSA) is 55.8 Å². The highest BCUT2D eigenvalue weighted by atomic mass is 35.5. The van der Waals surface area contributed by atoms with Gasteiger partial charge in [0.1, 0.15) is 11.9 Å². The standard InChI is InChI=1S/C20H19ClFNO4/c1-12(24)27-14-10-19(15-5-3-4-6-17(15)21)23(11-14)13-7-8-16(18(22)9-13)20(25)26-2/h3-9,14,19H,10-11H2,1-2H3. The number of ether oxygens (including phenoxy) is 2. The Hall–Kier alpha value is -2.60. The average molecular weight is 392 g/mol. The summed E-state index contributed by atoms with van der Waals surface area (Å²) in [5, 5.41) is 0.586. The Bertz CT molecular complexity index is 873. The molecule has 1 fully saturated rings. The summed E-state index contributed by atoms with van der Waals surface area (Å²) >= 11 is 6.36. The lowest BCUT2D eigenvalue weighted by Crippen LogP contribution is -2.26. The van der Waals surface area contributed by atoms with E-state index in [0.29, 0.717) is 23.7 Å². The third-order valence-electron chi connectivity index (χ3n) is 4.55. The lowest BCUT2D eigenvalue weighted by atomic mass is 10.0. The number of anilines is 1. The SMILES string of the molecule is COC(=O)c1ccc(N2CC(OC(C)=O)CC2c2ccccc2Cl)cc1F. The highest BCUT2D eigenvalue weighted by Crippen LogP contribution is 2.40. The molecule has 1 saturated heterocycles. The van der Waals surface area contributed by atoms with Gasteiger partial charge in [0.2, 0.25) is 0 Å². The second-order valence-electron chi connectivity index (χ2n) is 6.31. The van der Waals surface area contributed by atoms with Crippen LogP contribution in [0, 0.1) is 5.82 Å². The number of hydrogen-bond donors (Lipinski definition) is 0. The maximum atomic E-state index is 14.4. The van der Waals surface area contributed by atoms with Crippen LogP contribution < -0.4 is 4.90 Å². The third kappa shape index (κ3) is 4.06. The lowest BCUT2D eigenvalue weighted by molar-refractivity contribution is -0.145. The molecular weight excluding hydrogens is 373 g/mol. The molecule has 142 valence electrons. The molecule has 3 rings (SSSR count). The minimum atomic E-state index is -0.735. The first-order valence-corrected chi connectivity index (χ1v) is 8.84. The fourth-order valence-corrected chi connectivity index (χ4v) is 3.66. The lowest BCUT2D eigenvalue weighted by Gasteiger charge is -2.27. The molecule has 7 heteroatoms. The number of nitrogens with zero attached hydrogens (tertiary/aromatic N) is 1. The van der Waals surface area contributed by atoms with E-state index in [2.05, 4.69) is 4.74 Å². The maximum absolute atomic E-state index is 14.4. The van der Waals surface area contributed by atoms with Crippen molar-refractivity contribution in [3.8, 4) is 0 Å². The Morgan fingerprint density at radius 3 is 2.59 bits per heavy atom. The Balaban J connectivity index is 1.97. The predicted molar refractivity (Wildman–Crippen MR) is 99.4 cm³/mol. The van der Waals surface area contributed by atoms with E-state index in [1.165, 1.54) is 26.2 Å². The predicted octanol–water partition coefficient (Wildman–Crippen LogP) is 4.15. The van der Waals surface area contributed by atoms with E-state index in [0.717, 1.165) is 5.56 Å². The van der Waals surface area contributed by atoms with Gasteiger partial charge in [-0.05, 0) is 29.8 Å². The zero-order valence-electron chi connectivity index (χ0n) is 14.9. The minimum Gasteiger partial charge on any atom is -0.465 e. The average Bonchev–Trinajstić information content (AvgIpc) is 3.04. The molecule has 0 bridgehead atoms. The molecule has 0 aromatic heterocycles. The van der Waals surface area contributed by atoms with Crippen LogP contribution in [0.4, 0.5) is 10.1 Å². The Kier molecular flexibility index (Phi) is 5.65. The van der Waals surface area contributed by atoms with Crippen molar-refractivity contribution in [2.75, 3.05) is 18.6 Å². The molecule has 2 atom stereocenters. The van der Waals surface area contributed by atoms with E-state index in [1.807, 2.05) is 23.1 Å². The zero-order valence-corrected chi connectivity index (χ0v) is 15.7. The van der Waals surface area contributed by atoms with Crippen molar-refractivity contribution in [1.29, 1.82) is 0 Å². The summed E-state index contributed by atoms with van der Waals surface area (Å²) in [5.41, 5.74) is 1.30. The van der Waals surface area contributed by atoms with Gasteiger partial charge >= 0.3 is 11.9 Å². The first-order valence-electron chi connectivity index (χ1n) is 8.47. The highest BCUT2D eigenvalue weighted by Gasteiger charge is 2.36. The van der Waals surface area contributed by atoms with E-state index < -0.39 is 11.8 Å². The maximum Gasteiger partial charge on any atom is 0.340 e. The summed E-state index contributed by atoms with van der Waals surface area (Å²) in [6, 6.07) is 11.5. The number of esters is 2. The van der Waals surface area contributed by atoms with Crippen LogP contribution in [0.25, 0.3) is 0 Å². The number of benzene rings is 2. The number of methoxy groups -OCH3 is 1. The highest BCUT2D eigenvalue weighted by molar-refractivity contribution is 6.31. The van der Waals surface area contributed by atoms with Crippen LogP contribution >= 0.6 is 11.6 Å². The number of carbonyl (C=O) groups is 2. The molecular formula is C20H19ClFNO4. The minimum absolute atomic E-state index is 0.133. The van der Waals surface area contributed by atoms with Crippen LogP contribution in [-0.4, -0.2) is 31.7 Å². The van der Waals surface area contributed by atoms with Crippen LogP contribution in [-0.2, 0) is 14.3 Å². The van der Waals surface area contributed by atoms with Crippen molar-refractivity contribution in [3.63, 3.8) is 0 Å². The molecule has 2 aromatic carbocycles. The number of carbonyl (C=O) groups excluding carboxylic acids is 2. The molecule has 1 aliphatic rings. The largest absolute Gasteiger partial charge is 0.465 e. The van der Waals surface area contributed by atoms with Crippen LogP contribution in [0.3, 0.4) is 0 Å². The summed E-state index contributed by atoms with van der Waals surface area (Å²) in [7, 11) is 1.20. The molecule has 1 aliphatic heterocycles. The van der Waals surface area contributed by atoms with E-state index in [1.54, 1.807) is 12.1 Å². The van der Waals surface area contributed by atoms with Gasteiger partial charge in [0.05, 0.1) is 25.3 Å². The summed E-state index contributed by atoms with van der Waals surface area (Å²) < 4.78 is 24.4. The van der Waals surface area contributed by atoms with Crippen LogP contribution in [0.5, 0.6) is 0 Å². The van der Waals surface area contributed by atoms with Crippen molar-refractivity contribution in [1.82, 2.24) is 0 Å². The number of hydrogen-bond acceptors (Lipinski definition) is 5. The summed E-state index contributed by atoms with van der Waals surface area (Å²) in [6.07, 6.45) is 0.191. The van der Waals surface area contributed by atoms with Crippen molar-refractivity contribution >= 4 is 29.2 Å². The number of halogens is 2. The van der Waals surface area contributed by atoms with Crippen LogP contribution in [0.1, 0.15) is 35.3 Å². The van der Waals surface area contributed by atoms with Gasteiger partial charge in [-0.15, -0.1) is 0 Å². The smallest absolute Gasteiger partial charge is 0.340 e. The molecule has 1 heterocycles. The first-order chi connectivity index (χ1) is 12.9. The van der Waals surface area contributed by atoms with Gasteiger partial charge in [0.25, 0.3) is 0 Å². The molecule has 0 aliphatic carbocycles. The second kappa shape index (κ2) is 7.96. The Morgan fingerprint density at radius 2 is 1.96 bits per heavy atom.